The van der Waals surface area contributed by atoms with Crippen molar-refractivity contribution in [1.82, 2.24) is 35.1 Å². The highest BCUT2D eigenvalue weighted by Gasteiger charge is 2.42. The SMILES string of the molecule is COC[C@H]1C[C@@H](c2nc3c(ccc4cc5c(cc43)OCc3cc(-c4cnc([C@@H]6CCCN6C(=O)[C@@H](N=C([O-])OC)C(C)C)[nH]4)ccc3-5)[nH]2)N(C(=O)[C@H](NC(=O)OC)c2ccccc2)C1. The number of H-pyrrole nitrogens is 2. The molecule has 3 aliphatic rings. The molecule has 4 aromatic carbocycles. The van der Waals surface area contributed by atoms with Crippen LogP contribution in [0.1, 0.15) is 74.0 Å². The van der Waals surface area contributed by atoms with Crippen LogP contribution in [0.15, 0.2) is 84.0 Å². The lowest BCUT2D eigenvalue weighted by Gasteiger charge is -2.28. The first kappa shape index (κ1) is 42.4. The maximum atomic E-state index is 14.4. The second-order valence-corrected chi connectivity index (χ2v) is 17.0. The van der Waals surface area contributed by atoms with Gasteiger partial charge in [-0.05, 0) is 84.2 Å². The number of carbonyl (C=O) groups excluding carboxylic acids is 3. The number of fused-ring (bicyclic) bond motifs is 6. The van der Waals surface area contributed by atoms with E-state index in [9.17, 15) is 19.5 Å². The normalized spacial score (nSPS) is 19.3. The molecule has 64 heavy (non-hydrogen) atoms. The van der Waals surface area contributed by atoms with Crippen LogP contribution in [0.3, 0.4) is 0 Å². The summed E-state index contributed by atoms with van der Waals surface area (Å²) in [5.41, 5.74) is 7.07. The summed E-state index contributed by atoms with van der Waals surface area (Å²) in [7, 11) is 4.19. The number of rotatable bonds is 11. The van der Waals surface area contributed by atoms with Gasteiger partial charge in [0.2, 0.25) is 5.91 Å². The fourth-order valence-corrected chi connectivity index (χ4v) is 9.48. The van der Waals surface area contributed by atoms with Crippen LogP contribution in [0.5, 0.6) is 5.75 Å². The first-order valence-electron chi connectivity index (χ1n) is 21.6. The van der Waals surface area contributed by atoms with Crippen LogP contribution in [0, 0.1) is 11.8 Å². The molecule has 0 aliphatic carbocycles. The van der Waals surface area contributed by atoms with Crippen molar-refractivity contribution in [1.29, 1.82) is 0 Å². The van der Waals surface area contributed by atoms with Gasteiger partial charge in [0.15, 0.2) is 0 Å². The Morgan fingerprint density at radius 3 is 2.53 bits per heavy atom. The van der Waals surface area contributed by atoms with Crippen molar-refractivity contribution in [2.75, 3.05) is 41.0 Å². The Morgan fingerprint density at radius 1 is 0.938 bits per heavy atom. The molecular weight excluding hydrogens is 817 g/mol. The Kier molecular flexibility index (Phi) is 11.7. The minimum Gasteiger partial charge on any atom is -0.604 e. The lowest BCUT2D eigenvalue weighted by molar-refractivity contribution is -0.248. The number of aliphatic imine (C=N–C) groups is 1. The molecule has 9 rings (SSSR count). The van der Waals surface area contributed by atoms with Crippen molar-refractivity contribution in [2.45, 2.75) is 63.9 Å². The highest BCUT2D eigenvalue weighted by atomic mass is 16.6. The molecule has 2 fully saturated rings. The van der Waals surface area contributed by atoms with E-state index in [1.807, 2.05) is 56.3 Å². The topological polar surface area (TPSA) is 199 Å². The number of nitrogens with zero attached hydrogens (tertiary/aromatic N) is 5. The quantitative estimate of drug-likeness (QED) is 0.0974. The summed E-state index contributed by atoms with van der Waals surface area (Å²) >= 11 is 0. The average molecular weight is 868 g/mol. The zero-order chi connectivity index (χ0) is 44.6. The van der Waals surface area contributed by atoms with E-state index in [0.717, 1.165) is 68.3 Å². The number of hydrogen-bond acceptors (Lipinski definition) is 11. The summed E-state index contributed by atoms with van der Waals surface area (Å²) in [4.78, 5) is 65.0. The molecule has 332 valence electrons. The minimum absolute atomic E-state index is 0.0582. The lowest BCUT2D eigenvalue weighted by atomic mass is 9.92. The van der Waals surface area contributed by atoms with Crippen molar-refractivity contribution >= 4 is 45.8 Å². The number of imidazole rings is 2. The Hall–Kier alpha value is -6.94. The summed E-state index contributed by atoms with van der Waals surface area (Å²) in [6.45, 7) is 5.55. The van der Waals surface area contributed by atoms with Crippen LogP contribution >= 0.6 is 0 Å². The van der Waals surface area contributed by atoms with E-state index in [-0.39, 0.29) is 29.7 Å². The molecular formula is C48H51N8O8-. The van der Waals surface area contributed by atoms with Crippen LogP contribution in [0.2, 0.25) is 0 Å². The molecule has 0 spiro atoms. The van der Waals surface area contributed by atoms with Crippen molar-refractivity contribution in [3.05, 3.63) is 102 Å². The van der Waals surface area contributed by atoms with Gasteiger partial charge in [0.05, 0.1) is 48.7 Å². The second-order valence-electron chi connectivity index (χ2n) is 17.0. The molecule has 3 amide bonds. The van der Waals surface area contributed by atoms with Crippen molar-refractivity contribution < 1.29 is 38.4 Å². The number of hydrogen-bond donors (Lipinski definition) is 3. The van der Waals surface area contributed by atoms with Gasteiger partial charge in [0, 0.05) is 37.1 Å². The summed E-state index contributed by atoms with van der Waals surface area (Å²) in [6, 6.07) is 21.2. The third kappa shape index (κ3) is 7.97. The Labute approximate surface area is 370 Å². The van der Waals surface area contributed by atoms with Crippen LogP contribution in [-0.4, -0.2) is 101 Å². The van der Waals surface area contributed by atoms with Gasteiger partial charge in [-0.25, -0.2) is 14.8 Å². The van der Waals surface area contributed by atoms with Crippen molar-refractivity contribution in [2.24, 2.45) is 16.8 Å². The van der Waals surface area contributed by atoms with Gasteiger partial charge >= 0.3 is 6.09 Å². The van der Waals surface area contributed by atoms with Gasteiger partial charge in [-0.1, -0.05) is 62.4 Å². The molecule has 3 aliphatic heterocycles. The average Bonchev–Trinajstić information content (AvgIpc) is 4.15. The molecule has 0 radical (unpaired) electrons. The molecule has 0 unspecified atom stereocenters. The van der Waals surface area contributed by atoms with Crippen molar-refractivity contribution in [3.63, 3.8) is 0 Å². The van der Waals surface area contributed by atoms with E-state index in [1.165, 1.54) is 14.2 Å². The molecule has 2 saturated heterocycles. The summed E-state index contributed by atoms with van der Waals surface area (Å²) in [6.07, 6.45) is 2.53. The summed E-state index contributed by atoms with van der Waals surface area (Å²) in [5.74, 6) is 1.49. The first-order chi connectivity index (χ1) is 31.0. The third-order valence-electron chi connectivity index (χ3n) is 12.6. The zero-order valence-electron chi connectivity index (χ0n) is 36.4. The number of aromatic nitrogens is 4. The molecule has 3 N–H and O–H groups in total. The molecule has 5 atom stereocenters. The lowest BCUT2D eigenvalue weighted by Crippen LogP contribution is -2.43. The number of ether oxygens (including phenoxy) is 4. The monoisotopic (exact) mass is 867 g/mol. The fourth-order valence-electron chi connectivity index (χ4n) is 9.48. The Morgan fingerprint density at radius 2 is 1.77 bits per heavy atom. The van der Waals surface area contributed by atoms with Gasteiger partial charge < -0.3 is 49.1 Å². The fraction of sp³-hybridized carbons (Fsp3) is 0.375. The zero-order valence-corrected chi connectivity index (χ0v) is 36.4. The number of alkyl carbamates (subject to hydrolysis) is 1. The predicted octanol–water partition coefficient (Wildman–Crippen LogP) is 6.35. The van der Waals surface area contributed by atoms with E-state index >= 15 is 0 Å². The van der Waals surface area contributed by atoms with Crippen LogP contribution in [0.4, 0.5) is 4.79 Å². The van der Waals surface area contributed by atoms with E-state index < -0.39 is 30.3 Å². The number of amides is 3. The van der Waals surface area contributed by atoms with Gasteiger partial charge in [-0.3, -0.25) is 14.6 Å². The highest BCUT2D eigenvalue weighted by molar-refractivity contribution is 6.07. The molecule has 6 aromatic rings. The molecule has 0 bridgehead atoms. The maximum absolute atomic E-state index is 14.4. The summed E-state index contributed by atoms with van der Waals surface area (Å²) < 4.78 is 21.6. The molecule has 16 heteroatoms. The number of benzene rings is 4. The smallest absolute Gasteiger partial charge is 0.407 e. The number of aromatic amines is 2. The second kappa shape index (κ2) is 17.7. The van der Waals surface area contributed by atoms with Gasteiger partial charge in [-0.2, -0.15) is 0 Å². The maximum Gasteiger partial charge on any atom is 0.407 e. The molecule has 2 aromatic heterocycles. The largest absolute Gasteiger partial charge is 0.604 e. The first-order valence-corrected chi connectivity index (χ1v) is 21.6. The third-order valence-corrected chi connectivity index (χ3v) is 12.6. The minimum atomic E-state index is -0.955. The summed E-state index contributed by atoms with van der Waals surface area (Å²) in [5, 5.41) is 16.6. The van der Waals surface area contributed by atoms with Gasteiger partial charge in [0.1, 0.15) is 42.2 Å². The molecule has 5 heterocycles. The van der Waals surface area contributed by atoms with Crippen LogP contribution in [-0.2, 0) is 30.4 Å². The van der Waals surface area contributed by atoms with E-state index in [4.69, 9.17) is 28.9 Å². The Balaban J connectivity index is 0.981. The van der Waals surface area contributed by atoms with Gasteiger partial charge in [-0.15, -0.1) is 0 Å². The standard InChI is InChI=1S/C48H52N8O8/c1-26(2)40(53-47(59)62-4)45(57)55-17-9-12-37(55)43-49-22-36(51-43)30-13-15-32-31(19-30)25-64-39-21-33-29(20-34(32)39)14-16-35-42(33)52-44(50-35)38-18-27(24-61-3)23-56(38)46(58)41(54-48(60)63-5)28-10-7-6-8-11-28/h6-8,10-11,13-16,19-22,26-27,37-38,40-41H,9,12,17-18,23-25H2,1-5H3,(H,49,51)(H,50,52)(H,53,59)(H,54,60)/p-1/t27-,37-,38-,40-,41+/m0/s1. The highest BCUT2D eigenvalue weighted by Crippen LogP contribution is 2.44. The number of methoxy groups -OCH3 is 3. The Bertz CT molecular complexity index is 2750. The van der Waals surface area contributed by atoms with Gasteiger partial charge in [0.25, 0.3) is 5.91 Å². The van der Waals surface area contributed by atoms with E-state index in [2.05, 4.69) is 50.6 Å². The van der Waals surface area contributed by atoms with E-state index in [0.29, 0.717) is 49.9 Å². The van der Waals surface area contributed by atoms with E-state index in [1.54, 1.807) is 23.1 Å². The molecule has 16 nitrogen and oxygen atoms in total. The van der Waals surface area contributed by atoms with Crippen molar-refractivity contribution in [3.8, 4) is 28.1 Å². The number of nitrogens with one attached hydrogen (secondary N) is 3. The number of carbonyl (C=O) groups is 3. The molecule has 0 saturated carbocycles. The van der Waals surface area contributed by atoms with Crippen LogP contribution in [0.25, 0.3) is 44.2 Å². The predicted molar refractivity (Wildman–Crippen MR) is 237 cm³/mol. The van der Waals surface area contributed by atoms with Crippen LogP contribution < -0.4 is 15.2 Å². The number of likely N-dealkylation sites (tertiary alicyclic amines) is 2.